The number of guanidine groups is 1. The first-order valence-corrected chi connectivity index (χ1v) is 5.64. The zero-order valence-corrected chi connectivity index (χ0v) is 10.2. The van der Waals surface area contributed by atoms with Gasteiger partial charge in [0.1, 0.15) is 0 Å². The fourth-order valence-corrected chi connectivity index (χ4v) is 1.85. The normalized spacial score (nSPS) is 25.8. The van der Waals surface area contributed by atoms with Gasteiger partial charge in [0, 0.05) is 24.9 Å². The van der Waals surface area contributed by atoms with Gasteiger partial charge in [-0.1, -0.05) is 0 Å². The lowest BCUT2D eigenvalue weighted by molar-refractivity contribution is 0.00541. The molecule has 1 aliphatic rings. The first-order chi connectivity index (χ1) is 7.18. The summed E-state index contributed by atoms with van der Waals surface area (Å²) in [6, 6.07) is 0. The Hall–Kier alpha value is -0.870. The molecule has 0 amide bonds. The molecule has 1 saturated carbocycles. The first-order valence-electron chi connectivity index (χ1n) is 5.64. The zero-order valence-electron chi connectivity index (χ0n) is 10.2. The molecule has 1 unspecified atom stereocenters. The fourth-order valence-electron chi connectivity index (χ4n) is 1.85. The van der Waals surface area contributed by atoms with Crippen molar-refractivity contribution in [3.63, 3.8) is 0 Å². The largest absolute Gasteiger partial charge is 0.370 e. The van der Waals surface area contributed by atoms with Crippen LogP contribution in [-0.2, 0) is 0 Å². The van der Waals surface area contributed by atoms with Crippen molar-refractivity contribution in [2.45, 2.75) is 51.5 Å². The standard InChI is InChI=1S/C11H21F2N3/c1-10(2,3)16-9(14)15-7-8-4-5-11(12,13)6-8/h8H,4-7H2,1-3H3,(H3,14,15,16). The molecular weight excluding hydrogens is 212 g/mol. The van der Waals surface area contributed by atoms with Gasteiger partial charge in [0.2, 0.25) is 5.92 Å². The molecule has 0 aromatic carbocycles. The van der Waals surface area contributed by atoms with Gasteiger partial charge in [0.05, 0.1) is 0 Å². The van der Waals surface area contributed by atoms with E-state index in [1.807, 2.05) is 20.8 Å². The third-order valence-electron chi connectivity index (χ3n) is 2.53. The number of rotatable bonds is 2. The first kappa shape index (κ1) is 13.2. The number of halogens is 2. The average molecular weight is 233 g/mol. The number of nitrogens with zero attached hydrogens (tertiary/aromatic N) is 1. The van der Waals surface area contributed by atoms with E-state index < -0.39 is 5.92 Å². The summed E-state index contributed by atoms with van der Waals surface area (Å²) >= 11 is 0. The average Bonchev–Trinajstić information content (AvgIpc) is 2.39. The highest BCUT2D eigenvalue weighted by Crippen LogP contribution is 2.38. The predicted molar refractivity (Wildman–Crippen MR) is 61.7 cm³/mol. The van der Waals surface area contributed by atoms with Crippen LogP contribution in [0, 0.1) is 5.92 Å². The van der Waals surface area contributed by atoms with E-state index in [4.69, 9.17) is 5.73 Å². The monoisotopic (exact) mass is 233 g/mol. The van der Waals surface area contributed by atoms with Gasteiger partial charge in [-0.25, -0.2) is 8.78 Å². The lowest BCUT2D eigenvalue weighted by Gasteiger charge is -2.21. The van der Waals surface area contributed by atoms with Crippen molar-refractivity contribution < 1.29 is 8.78 Å². The van der Waals surface area contributed by atoms with Gasteiger partial charge in [0.25, 0.3) is 0 Å². The van der Waals surface area contributed by atoms with Crippen LogP contribution in [0.3, 0.4) is 0 Å². The summed E-state index contributed by atoms with van der Waals surface area (Å²) in [5, 5.41) is 3.00. The number of alkyl halides is 2. The maximum atomic E-state index is 12.9. The van der Waals surface area contributed by atoms with Crippen molar-refractivity contribution in [2.24, 2.45) is 16.6 Å². The van der Waals surface area contributed by atoms with E-state index in [0.29, 0.717) is 18.9 Å². The van der Waals surface area contributed by atoms with E-state index in [1.165, 1.54) is 0 Å². The molecule has 1 aliphatic carbocycles. The van der Waals surface area contributed by atoms with Gasteiger partial charge in [-0.2, -0.15) is 0 Å². The van der Waals surface area contributed by atoms with E-state index >= 15 is 0 Å². The third kappa shape index (κ3) is 4.77. The Morgan fingerprint density at radius 2 is 2.12 bits per heavy atom. The zero-order chi connectivity index (χ0) is 12.4. The van der Waals surface area contributed by atoms with Crippen LogP contribution < -0.4 is 11.1 Å². The number of nitrogens with two attached hydrogens (primary N) is 1. The van der Waals surface area contributed by atoms with Crippen LogP contribution in [0.5, 0.6) is 0 Å². The van der Waals surface area contributed by atoms with Crippen molar-refractivity contribution in [1.29, 1.82) is 0 Å². The van der Waals surface area contributed by atoms with E-state index in [1.54, 1.807) is 0 Å². The Morgan fingerprint density at radius 1 is 1.50 bits per heavy atom. The van der Waals surface area contributed by atoms with E-state index in [9.17, 15) is 8.78 Å². The predicted octanol–water partition coefficient (Wildman–Crippen LogP) is 2.12. The molecule has 1 atom stereocenters. The quantitative estimate of drug-likeness (QED) is 0.567. The Morgan fingerprint density at radius 3 is 2.56 bits per heavy atom. The third-order valence-corrected chi connectivity index (χ3v) is 2.53. The summed E-state index contributed by atoms with van der Waals surface area (Å²) in [6.45, 7) is 6.31. The highest BCUT2D eigenvalue weighted by Gasteiger charge is 2.39. The highest BCUT2D eigenvalue weighted by atomic mass is 19.3. The minimum absolute atomic E-state index is 0.0141. The van der Waals surface area contributed by atoms with E-state index in [0.717, 1.165) is 0 Å². The molecule has 1 rings (SSSR count). The molecular formula is C11H21F2N3. The Balaban J connectivity index is 2.37. The Labute approximate surface area is 95.5 Å². The molecule has 16 heavy (non-hydrogen) atoms. The summed E-state index contributed by atoms with van der Waals surface area (Å²) < 4.78 is 25.8. The van der Waals surface area contributed by atoms with Crippen molar-refractivity contribution in [2.75, 3.05) is 6.54 Å². The molecule has 94 valence electrons. The molecule has 0 aliphatic heterocycles. The maximum absolute atomic E-state index is 12.9. The van der Waals surface area contributed by atoms with Crippen LogP contribution in [-0.4, -0.2) is 24.0 Å². The number of hydrogen-bond donors (Lipinski definition) is 2. The maximum Gasteiger partial charge on any atom is 0.248 e. The van der Waals surface area contributed by atoms with Crippen LogP contribution in [0.4, 0.5) is 8.78 Å². The molecule has 0 bridgehead atoms. The molecule has 1 fully saturated rings. The summed E-state index contributed by atoms with van der Waals surface area (Å²) in [4.78, 5) is 4.11. The van der Waals surface area contributed by atoms with Crippen LogP contribution in [0.25, 0.3) is 0 Å². The van der Waals surface area contributed by atoms with Crippen LogP contribution in [0.1, 0.15) is 40.0 Å². The SMILES string of the molecule is CC(C)(C)NC(N)=NCC1CCC(F)(F)C1. The van der Waals surface area contributed by atoms with Crippen LogP contribution in [0.2, 0.25) is 0 Å². The van der Waals surface area contributed by atoms with E-state index in [-0.39, 0.29) is 24.3 Å². The molecule has 3 N–H and O–H groups in total. The second kappa shape index (κ2) is 4.55. The summed E-state index contributed by atoms with van der Waals surface area (Å²) in [5.41, 5.74) is 5.51. The summed E-state index contributed by atoms with van der Waals surface area (Å²) in [6.07, 6.45) is 0.471. The Bertz CT molecular complexity index is 269. The molecule has 0 spiro atoms. The molecule has 0 aromatic heterocycles. The Kier molecular flexibility index (Phi) is 3.76. The summed E-state index contributed by atoms with van der Waals surface area (Å²) in [5.74, 6) is -2.19. The molecule has 0 saturated heterocycles. The highest BCUT2D eigenvalue weighted by molar-refractivity contribution is 5.78. The van der Waals surface area contributed by atoms with Crippen LogP contribution >= 0.6 is 0 Å². The van der Waals surface area contributed by atoms with Gasteiger partial charge < -0.3 is 11.1 Å². The molecule has 0 heterocycles. The number of nitrogens with one attached hydrogen (secondary N) is 1. The van der Waals surface area contributed by atoms with Crippen molar-refractivity contribution in [3.05, 3.63) is 0 Å². The van der Waals surface area contributed by atoms with Gasteiger partial charge in [-0.15, -0.1) is 0 Å². The lowest BCUT2D eigenvalue weighted by Crippen LogP contribution is -2.45. The topological polar surface area (TPSA) is 50.4 Å². The molecule has 3 nitrogen and oxygen atoms in total. The lowest BCUT2D eigenvalue weighted by atomic mass is 10.1. The minimum atomic E-state index is -2.49. The smallest absolute Gasteiger partial charge is 0.248 e. The summed E-state index contributed by atoms with van der Waals surface area (Å²) in [7, 11) is 0. The van der Waals surface area contributed by atoms with Crippen molar-refractivity contribution >= 4 is 5.96 Å². The second-order valence-electron chi connectivity index (χ2n) is 5.57. The van der Waals surface area contributed by atoms with Gasteiger partial charge in [-0.3, -0.25) is 4.99 Å². The fraction of sp³-hybridized carbons (Fsp3) is 0.909. The van der Waals surface area contributed by atoms with Gasteiger partial charge in [-0.05, 0) is 33.1 Å². The van der Waals surface area contributed by atoms with Gasteiger partial charge in [0.15, 0.2) is 5.96 Å². The van der Waals surface area contributed by atoms with Crippen molar-refractivity contribution in [3.8, 4) is 0 Å². The second-order valence-corrected chi connectivity index (χ2v) is 5.57. The van der Waals surface area contributed by atoms with Crippen LogP contribution in [0.15, 0.2) is 4.99 Å². The molecule has 0 radical (unpaired) electrons. The molecule has 5 heteroatoms. The van der Waals surface area contributed by atoms with E-state index in [2.05, 4.69) is 10.3 Å². The number of hydrogen-bond acceptors (Lipinski definition) is 1. The molecule has 0 aromatic rings. The minimum Gasteiger partial charge on any atom is -0.370 e. The number of aliphatic imine (C=N–C) groups is 1. The van der Waals surface area contributed by atoms with Crippen molar-refractivity contribution in [1.82, 2.24) is 5.32 Å². The van der Waals surface area contributed by atoms with Gasteiger partial charge >= 0.3 is 0 Å².